The van der Waals surface area contributed by atoms with Gasteiger partial charge in [-0.05, 0) is 6.07 Å². The van der Waals surface area contributed by atoms with Gasteiger partial charge in [-0.3, -0.25) is 4.79 Å². The summed E-state index contributed by atoms with van der Waals surface area (Å²) in [6.45, 7) is 0. The van der Waals surface area contributed by atoms with Gasteiger partial charge in [0.1, 0.15) is 0 Å². The van der Waals surface area contributed by atoms with Crippen LogP contribution in [0.15, 0.2) is 29.3 Å². The first-order valence-electron chi connectivity index (χ1n) is 4.02. The molecule has 1 heterocycles. The van der Waals surface area contributed by atoms with E-state index in [1.54, 1.807) is 12.1 Å². The van der Waals surface area contributed by atoms with E-state index in [2.05, 4.69) is 9.97 Å². The molecule has 0 bridgehead atoms. The van der Waals surface area contributed by atoms with Crippen molar-refractivity contribution in [3.8, 4) is 0 Å². The summed E-state index contributed by atoms with van der Waals surface area (Å²) in [7, 11) is -1.62. The van der Waals surface area contributed by atoms with E-state index >= 15 is 0 Å². The molecule has 0 spiro atoms. The van der Waals surface area contributed by atoms with E-state index in [1.807, 2.05) is 0 Å². The maximum atomic E-state index is 11.3. The summed E-state index contributed by atoms with van der Waals surface area (Å²) in [5.41, 5.74) is 0.248. The van der Waals surface area contributed by atoms with Gasteiger partial charge in [0.05, 0.1) is 17.2 Å². The Kier molecular flexibility index (Phi) is 2.07. The highest BCUT2D eigenvalue weighted by Gasteiger charge is 2.15. The number of nitrogens with one attached hydrogen (secondary N) is 1. The summed E-state index contributed by atoms with van der Waals surface area (Å²) in [5.74, 6) is 0. The van der Waals surface area contributed by atoms with Crippen LogP contribution in [-0.2, 0) is 0 Å². The van der Waals surface area contributed by atoms with Crippen molar-refractivity contribution < 1.29 is 10.0 Å². The molecule has 0 saturated heterocycles. The Hall–Kier alpha value is -1.66. The summed E-state index contributed by atoms with van der Waals surface area (Å²) < 4.78 is 0. The van der Waals surface area contributed by atoms with Gasteiger partial charge < -0.3 is 15.0 Å². The van der Waals surface area contributed by atoms with Gasteiger partial charge in [0.25, 0.3) is 5.56 Å². The van der Waals surface area contributed by atoms with Crippen molar-refractivity contribution in [1.82, 2.24) is 9.97 Å². The van der Waals surface area contributed by atoms with Gasteiger partial charge in [-0.2, -0.15) is 0 Å². The first-order chi connectivity index (χ1) is 6.70. The summed E-state index contributed by atoms with van der Waals surface area (Å²) in [6.07, 6.45) is 1.23. The number of hydrogen-bond donors (Lipinski definition) is 3. The third kappa shape index (κ3) is 1.30. The Labute approximate surface area is 79.2 Å². The van der Waals surface area contributed by atoms with E-state index in [-0.39, 0.29) is 11.0 Å². The van der Waals surface area contributed by atoms with Gasteiger partial charge in [0.15, 0.2) is 0 Å². The Bertz CT molecular complexity index is 523. The molecule has 2 rings (SSSR count). The van der Waals surface area contributed by atoms with Crippen LogP contribution in [0.3, 0.4) is 0 Å². The fourth-order valence-electron chi connectivity index (χ4n) is 1.33. The number of benzene rings is 1. The molecule has 14 heavy (non-hydrogen) atoms. The quantitative estimate of drug-likeness (QED) is 0.483. The van der Waals surface area contributed by atoms with Gasteiger partial charge in [-0.25, -0.2) is 4.98 Å². The summed E-state index contributed by atoms with van der Waals surface area (Å²) in [4.78, 5) is 17.6. The Morgan fingerprint density at radius 3 is 2.86 bits per heavy atom. The second kappa shape index (κ2) is 3.24. The fraction of sp³-hybridized carbons (Fsp3) is 0. The molecule has 5 nitrogen and oxygen atoms in total. The monoisotopic (exact) mass is 190 g/mol. The number of H-pyrrole nitrogens is 1. The molecule has 6 heteroatoms. The average molecular weight is 190 g/mol. The normalized spacial score (nSPS) is 10.4. The molecule has 0 aliphatic carbocycles. The molecular formula is C8H7BN2O3. The Morgan fingerprint density at radius 2 is 2.14 bits per heavy atom. The number of nitrogens with zero attached hydrogens (tertiary/aromatic N) is 1. The molecule has 0 fully saturated rings. The molecule has 1 aromatic carbocycles. The SMILES string of the molecule is O=c1[nH]cnc2c(B(O)O)cccc12. The molecule has 0 aliphatic rings. The minimum Gasteiger partial charge on any atom is -0.423 e. The van der Waals surface area contributed by atoms with Crippen molar-refractivity contribution in [3.63, 3.8) is 0 Å². The molecule has 2 aromatic rings. The van der Waals surface area contributed by atoms with Crippen molar-refractivity contribution in [2.75, 3.05) is 0 Å². The van der Waals surface area contributed by atoms with E-state index in [9.17, 15) is 4.79 Å². The number of para-hydroxylation sites is 1. The van der Waals surface area contributed by atoms with Gasteiger partial charge in [-0.1, -0.05) is 12.1 Å². The van der Waals surface area contributed by atoms with Crippen LogP contribution in [-0.4, -0.2) is 27.1 Å². The smallest absolute Gasteiger partial charge is 0.423 e. The van der Waals surface area contributed by atoms with Crippen LogP contribution in [0.2, 0.25) is 0 Å². The lowest BCUT2D eigenvalue weighted by Gasteiger charge is -2.02. The maximum Gasteiger partial charge on any atom is 0.490 e. The highest BCUT2D eigenvalue weighted by atomic mass is 16.4. The Morgan fingerprint density at radius 1 is 1.36 bits per heavy atom. The minimum atomic E-state index is -1.62. The van der Waals surface area contributed by atoms with Crippen molar-refractivity contribution in [3.05, 3.63) is 34.9 Å². The molecule has 1 aromatic heterocycles. The van der Waals surface area contributed by atoms with Crippen molar-refractivity contribution in [2.24, 2.45) is 0 Å². The molecule has 70 valence electrons. The molecule has 3 N–H and O–H groups in total. The standard InChI is InChI=1S/C8H7BN2O3/c12-8-5-2-1-3-6(9(13)14)7(5)10-4-11-8/h1-4,13-14H,(H,10,11,12). The van der Waals surface area contributed by atoms with Gasteiger partial charge in [0.2, 0.25) is 0 Å². The minimum absolute atomic E-state index is 0.230. The number of aromatic nitrogens is 2. The number of hydrogen-bond acceptors (Lipinski definition) is 4. The number of aromatic amines is 1. The van der Waals surface area contributed by atoms with E-state index in [0.717, 1.165) is 0 Å². The second-order valence-electron chi connectivity index (χ2n) is 2.85. The maximum absolute atomic E-state index is 11.3. The molecule has 0 radical (unpaired) electrons. The van der Waals surface area contributed by atoms with E-state index < -0.39 is 7.12 Å². The lowest BCUT2D eigenvalue weighted by molar-refractivity contribution is 0.426. The zero-order valence-corrected chi connectivity index (χ0v) is 7.14. The highest BCUT2D eigenvalue weighted by molar-refractivity contribution is 6.61. The van der Waals surface area contributed by atoms with Crippen molar-refractivity contribution >= 4 is 23.5 Å². The van der Waals surface area contributed by atoms with Crippen LogP contribution >= 0.6 is 0 Å². The third-order valence-corrected chi connectivity index (χ3v) is 1.98. The lowest BCUT2D eigenvalue weighted by Crippen LogP contribution is -2.31. The van der Waals surface area contributed by atoms with Gasteiger partial charge in [-0.15, -0.1) is 0 Å². The zero-order chi connectivity index (χ0) is 10.1. The summed E-state index contributed by atoms with van der Waals surface area (Å²) in [5, 5.41) is 18.4. The summed E-state index contributed by atoms with van der Waals surface area (Å²) >= 11 is 0. The van der Waals surface area contributed by atoms with Crippen LogP contribution in [0.1, 0.15) is 0 Å². The topological polar surface area (TPSA) is 86.2 Å². The fourth-order valence-corrected chi connectivity index (χ4v) is 1.33. The van der Waals surface area contributed by atoms with Crippen LogP contribution in [0.5, 0.6) is 0 Å². The zero-order valence-electron chi connectivity index (χ0n) is 7.14. The molecule has 0 amide bonds. The molecule has 0 aliphatic heterocycles. The molecule has 0 unspecified atom stereocenters. The lowest BCUT2D eigenvalue weighted by atomic mass is 9.79. The molecule has 0 atom stereocenters. The van der Waals surface area contributed by atoms with E-state index in [0.29, 0.717) is 10.9 Å². The first-order valence-corrected chi connectivity index (χ1v) is 4.02. The van der Waals surface area contributed by atoms with Crippen molar-refractivity contribution in [2.45, 2.75) is 0 Å². The Balaban J connectivity index is 2.88. The largest absolute Gasteiger partial charge is 0.490 e. The van der Waals surface area contributed by atoms with E-state index in [1.165, 1.54) is 12.4 Å². The third-order valence-electron chi connectivity index (χ3n) is 1.98. The average Bonchev–Trinajstić information content (AvgIpc) is 2.17. The van der Waals surface area contributed by atoms with E-state index in [4.69, 9.17) is 10.0 Å². The summed E-state index contributed by atoms with van der Waals surface area (Å²) in [6, 6.07) is 4.67. The van der Waals surface area contributed by atoms with Crippen LogP contribution < -0.4 is 11.0 Å². The number of rotatable bonds is 1. The first kappa shape index (κ1) is 8.92. The van der Waals surface area contributed by atoms with Crippen molar-refractivity contribution in [1.29, 1.82) is 0 Å². The van der Waals surface area contributed by atoms with Crippen LogP contribution in [0.4, 0.5) is 0 Å². The predicted molar refractivity (Wildman–Crippen MR) is 52.2 cm³/mol. The van der Waals surface area contributed by atoms with Crippen LogP contribution in [0, 0.1) is 0 Å². The number of fused-ring (bicyclic) bond motifs is 1. The second-order valence-corrected chi connectivity index (χ2v) is 2.85. The molecular weight excluding hydrogens is 183 g/mol. The van der Waals surface area contributed by atoms with Crippen LogP contribution in [0.25, 0.3) is 10.9 Å². The molecule has 0 saturated carbocycles. The predicted octanol–water partition coefficient (Wildman–Crippen LogP) is -1.40. The highest BCUT2D eigenvalue weighted by Crippen LogP contribution is 2.01. The van der Waals surface area contributed by atoms with Gasteiger partial charge >= 0.3 is 7.12 Å². The van der Waals surface area contributed by atoms with Gasteiger partial charge in [0, 0.05) is 5.46 Å².